The van der Waals surface area contributed by atoms with E-state index in [1.54, 1.807) is 0 Å². The van der Waals surface area contributed by atoms with Gasteiger partial charge in [0, 0.05) is 25.3 Å². The van der Waals surface area contributed by atoms with E-state index in [1.807, 2.05) is 24.3 Å². The number of carbonyl (C=O) groups excluding carboxylic acids is 1. The Labute approximate surface area is 148 Å². The van der Waals surface area contributed by atoms with Crippen LogP contribution in [0.25, 0.3) is 0 Å². The van der Waals surface area contributed by atoms with Crippen molar-refractivity contribution in [2.75, 3.05) is 19.8 Å². The van der Waals surface area contributed by atoms with E-state index in [-0.39, 0.29) is 5.91 Å². The number of benzene rings is 2. The SMILES string of the molecule is O=C(CCc1ccc2c(c1)CCO2)NCC1COc2ccccc2C1. The zero-order chi connectivity index (χ0) is 17.1. The van der Waals surface area contributed by atoms with E-state index in [4.69, 9.17) is 9.47 Å². The van der Waals surface area contributed by atoms with Crippen molar-refractivity contribution in [2.45, 2.75) is 25.7 Å². The summed E-state index contributed by atoms with van der Waals surface area (Å²) in [5, 5.41) is 3.06. The van der Waals surface area contributed by atoms with Gasteiger partial charge in [-0.05, 0) is 41.7 Å². The first-order valence-electron chi connectivity index (χ1n) is 9.00. The molecule has 4 heteroatoms. The lowest BCUT2D eigenvalue weighted by atomic mass is 9.96. The van der Waals surface area contributed by atoms with Crippen LogP contribution in [-0.4, -0.2) is 25.7 Å². The van der Waals surface area contributed by atoms with Gasteiger partial charge < -0.3 is 14.8 Å². The molecule has 0 saturated heterocycles. The minimum Gasteiger partial charge on any atom is -0.493 e. The van der Waals surface area contributed by atoms with Crippen LogP contribution < -0.4 is 14.8 Å². The third-order valence-corrected chi connectivity index (χ3v) is 4.94. The molecule has 130 valence electrons. The van der Waals surface area contributed by atoms with E-state index in [1.165, 1.54) is 16.7 Å². The van der Waals surface area contributed by atoms with E-state index in [9.17, 15) is 4.79 Å². The van der Waals surface area contributed by atoms with Gasteiger partial charge in [-0.15, -0.1) is 0 Å². The minimum atomic E-state index is 0.107. The lowest BCUT2D eigenvalue weighted by molar-refractivity contribution is -0.121. The third kappa shape index (κ3) is 3.78. The first kappa shape index (κ1) is 16.0. The summed E-state index contributed by atoms with van der Waals surface area (Å²) in [7, 11) is 0. The highest BCUT2D eigenvalue weighted by atomic mass is 16.5. The van der Waals surface area contributed by atoms with Crippen LogP contribution in [0.5, 0.6) is 11.5 Å². The van der Waals surface area contributed by atoms with E-state index in [0.717, 1.165) is 37.4 Å². The molecular formula is C21H23NO3. The molecule has 25 heavy (non-hydrogen) atoms. The molecule has 1 N–H and O–H groups in total. The van der Waals surface area contributed by atoms with Crippen LogP contribution in [0.1, 0.15) is 23.1 Å². The maximum Gasteiger partial charge on any atom is 0.220 e. The Morgan fingerprint density at radius 2 is 1.96 bits per heavy atom. The molecule has 1 atom stereocenters. The summed E-state index contributed by atoms with van der Waals surface area (Å²) in [6, 6.07) is 14.4. The van der Waals surface area contributed by atoms with E-state index < -0.39 is 0 Å². The molecule has 0 spiro atoms. The van der Waals surface area contributed by atoms with E-state index in [2.05, 4.69) is 23.5 Å². The minimum absolute atomic E-state index is 0.107. The van der Waals surface area contributed by atoms with Gasteiger partial charge in [0.2, 0.25) is 5.91 Å². The number of nitrogens with one attached hydrogen (secondary N) is 1. The zero-order valence-electron chi connectivity index (χ0n) is 14.3. The molecule has 4 nitrogen and oxygen atoms in total. The number of aryl methyl sites for hydroxylation is 1. The highest BCUT2D eigenvalue weighted by Gasteiger charge is 2.20. The average molecular weight is 337 g/mol. The Kier molecular flexibility index (Phi) is 4.59. The Hall–Kier alpha value is -2.49. The van der Waals surface area contributed by atoms with Gasteiger partial charge >= 0.3 is 0 Å². The molecule has 1 amide bonds. The second kappa shape index (κ2) is 7.18. The van der Waals surface area contributed by atoms with Crippen molar-refractivity contribution in [3.05, 3.63) is 59.2 Å². The smallest absolute Gasteiger partial charge is 0.220 e. The molecule has 0 fully saturated rings. The molecule has 2 aliphatic heterocycles. The standard InChI is InChI=1S/C21H23NO3/c23-21(8-6-15-5-7-20-18(11-15)9-10-24-20)22-13-16-12-17-3-1-2-4-19(17)25-14-16/h1-5,7,11,16H,6,8-10,12-14H2,(H,22,23). The number of para-hydroxylation sites is 1. The molecule has 2 aromatic rings. The van der Waals surface area contributed by atoms with Crippen LogP contribution in [0.15, 0.2) is 42.5 Å². The largest absolute Gasteiger partial charge is 0.493 e. The summed E-state index contributed by atoms with van der Waals surface area (Å²) in [6.07, 6.45) is 3.22. The Balaban J connectivity index is 1.23. The monoisotopic (exact) mass is 337 g/mol. The van der Waals surface area contributed by atoms with Gasteiger partial charge in [0.15, 0.2) is 0 Å². The molecule has 0 aromatic heterocycles. The molecule has 0 radical (unpaired) electrons. The highest BCUT2D eigenvalue weighted by molar-refractivity contribution is 5.76. The van der Waals surface area contributed by atoms with Crippen molar-refractivity contribution in [2.24, 2.45) is 5.92 Å². The maximum atomic E-state index is 12.2. The van der Waals surface area contributed by atoms with Crippen molar-refractivity contribution >= 4 is 5.91 Å². The predicted octanol–water partition coefficient (Wildman–Crippen LogP) is 2.92. The topological polar surface area (TPSA) is 47.6 Å². The fraction of sp³-hybridized carbons (Fsp3) is 0.381. The van der Waals surface area contributed by atoms with Gasteiger partial charge in [-0.1, -0.05) is 30.3 Å². The second-order valence-corrected chi connectivity index (χ2v) is 6.83. The van der Waals surface area contributed by atoms with Crippen LogP contribution in [0.3, 0.4) is 0 Å². The van der Waals surface area contributed by atoms with Crippen LogP contribution >= 0.6 is 0 Å². The lowest BCUT2D eigenvalue weighted by Crippen LogP contribution is -2.34. The average Bonchev–Trinajstić information content (AvgIpc) is 3.12. The fourth-order valence-corrected chi connectivity index (χ4v) is 3.52. The van der Waals surface area contributed by atoms with Crippen LogP contribution in [0, 0.1) is 5.92 Å². The summed E-state index contributed by atoms with van der Waals surface area (Å²) in [5.74, 6) is 2.42. The van der Waals surface area contributed by atoms with Crippen LogP contribution in [-0.2, 0) is 24.1 Å². The summed E-state index contributed by atoms with van der Waals surface area (Å²) in [6.45, 7) is 2.11. The molecule has 0 aliphatic carbocycles. The maximum absolute atomic E-state index is 12.2. The molecule has 4 rings (SSSR count). The summed E-state index contributed by atoms with van der Waals surface area (Å²) in [5.41, 5.74) is 3.69. The molecule has 1 unspecified atom stereocenters. The van der Waals surface area contributed by atoms with Gasteiger partial charge in [0.1, 0.15) is 11.5 Å². The quantitative estimate of drug-likeness (QED) is 0.912. The first-order valence-corrected chi connectivity index (χ1v) is 9.00. The van der Waals surface area contributed by atoms with Gasteiger partial charge in [0.25, 0.3) is 0 Å². The molecule has 0 bridgehead atoms. The molecule has 0 saturated carbocycles. The summed E-state index contributed by atoms with van der Waals surface area (Å²) in [4.78, 5) is 12.2. The van der Waals surface area contributed by atoms with E-state index >= 15 is 0 Å². The number of carbonyl (C=O) groups is 1. The number of ether oxygens (including phenoxy) is 2. The number of hydrogen-bond donors (Lipinski definition) is 1. The Bertz CT molecular complexity index is 771. The van der Waals surface area contributed by atoms with Crippen molar-refractivity contribution in [1.29, 1.82) is 0 Å². The van der Waals surface area contributed by atoms with E-state index in [0.29, 0.717) is 25.5 Å². The summed E-state index contributed by atoms with van der Waals surface area (Å²) >= 11 is 0. The predicted molar refractivity (Wildman–Crippen MR) is 96.1 cm³/mol. The van der Waals surface area contributed by atoms with Gasteiger partial charge in [-0.2, -0.15) is 0 Å². The van der Waals surface area contributed by atoms with Crippen LogP contribution in [0.2, 0.25) is 0 Å². The summed E-state index contributed by atoms with van der Waals surface area (Å²) < 4.78 is 11.3. The number of hydrogen-bond acceptors (Lipinski definition) is 3. The zero-order valence-corrected chi connectivity index (χ0v) is 14.3. The van der Waals surface area contributed by atoms with Crippen molar-refractivity contribution in [3.63, 3.8) is 0 Å². The van der Waals surface area contributed by atoms with Crippen molar-refractivity contribution in [1.82, 2.24) is 5.32 Å². The number of amides is 1. The molecule has 2 aliphatic rings. The van der Waals surface area contributed by atoms with Crippen molar-refractivity contribution in [3.8, 4) is 11.5 Å². The highest BCUT2D eigenvalue weighted by Crippen LogP contribution is 2.27. The van der Waals surface area contributed by atoms with Gasteiger partial charge in [0.05, 0.1) is 13.2 Å². The number of rotatable bonds is 5. The Morgan fingerprint density at radius 1 is 1.08 bits per heavy atom. The first-order chi connectivity index (χ1) is 12.3. The van der Waals surface area contributed by atoms with Gasteiger partial charge in [-0.3, -0.25) is 4.79 Å². The molecule has 2 aromatic carbocycles. The second-order valence-electron chi connectivity index (χ2n) is 6.83. The van der Waals surface area contributed by atoms with Gasteiger partial charge in [-0.25, -0.2) is 0 Å². The third-order valence-electron chi connectivity index (χ3n) is 4.94. The molecular weight excluding hydrogens is 314 g/mol. The van der Waals surface area contributed by atoms with Crippen LogP contribution in [0.4, 0.5) is 0 Å². The fourth-order valence-electron chi connectivity index (χ4n) is 3.52. The molecule has 2 heterocycles. The lowest BCUT2D eigenvalue weighted by Gasteiger charge is -2.25. The Morgan fingerprint density at radius 3 is 2.92 bits per heavy atom. The number of fused-ring (bicyclic) bond motifs is 2. The van der Waals surface area contributed by atoms with Crippen molar-refractivity contribution < 1.29 is 14.3 Å². The normalized spacial score (nSPS) is 17.8.